The number of fused-ring (bicyclic) bond motifs is 3. The van der Waals surface area contributed by atoms with Gasteiger partial charge in [-0.3, -0.25) is 0 Å². The van der Waals surface area contributed by atoms with E-state index in [2.05, 4.69) is 43.6 Å². The number of imidazole rings is 1. The van der Waals surface area contributed by atoms with Crippen molar-refractivity contribution in [3.8, 4) is 0 Å². The van der Waals surface area contributed by atoms with E-state index in [1.807, 2.05) is 63.8 Å². The highest BCUT2D eigenvalue weighted by Crippen LogP contribution is 2.27. The molecule has 0 radical (unpaired) electrons. The number of carbonyl (C=O) groups excluding carboxylic acids is 1. The Morgan fingerprint density at radius 1 is 1.00 bits per heavy atom. The van der Waals surface area contributed by atoms with Crippen LogP contribution in [-0.2, 0) is 4.74 Å². The molecule has 5 rings (SSSR count). The monoisotopic (exact) mass is 488 g/mol. The number of anilines is 3. The van der Waals surface area contributed by atoms with Gasteiger partial charge in [0.25, 0.3) is 0 Å². The molecule has 1 saturated heterocycles. The molecule has 1 aliphatic rings. The maximum absolute atomic E-state index is 12.3. The second-order valence-electron chi connectivity index (χ2n) is 10.3. The van der Waals surface area contributed by atoms with Crippen LogP contribution in [0.5, 0.6) is 0 Å². The lowest BCUT2D eigenvalue weighted by Gasteiger charge is -2.36. The van der Waals surface area contributed by atoms with Gasteiger partial charge in [0.2, 0.25) is 5.95 Å². The number of pyridine rings is 1. The third kappa shape index (κ3) is 4.89. The number of benzene rings is 1. The molecule has 1 N–H and O–H groups in total. The molecule has 0 spiro atoms. The van der Waals surface area contributed by atoms with E-state index in [4.69, 9.17) is 9.72 Å². The van der Waals surface area contributed by atoms with Gasteiger partial charge in [0.1, 0.15) is 16.9 Å². The van der Waals surface area contributed by atoms with Gasteiger partial charge in [0.05, 0.1) is 29.2 Å². The fourth-order valence-electron chi connectivity index (χ4n) is 4.30. The minimum atomic E-state index is -0.489. The summed E-state index contributed by atoms with van der Waals surface area (Å²) in [6.07, 6.45) is 5.25. The van der Waals surface area contributed by atoms with Crippen molar-refractivity contribution in [2.75, 3.05) is 36.4 Å². The zero-order valence-corrected chi connectivity index (χ0v) is 21.4. The molecule has 10 nitrogen and oxygen atoms in total. The molecule has 1 amide bonds. The first-order valence-electron chi connectivity index (χ1n) is 12.3. The van der Waals surface area contributed by atoms with Gasteiger partial charge in [0, 0.05) is 43.8 Å². The maximum atomic E-state index is 12.3. The van der Waals surface area contributed by atoms with E-state index >= 15 is 0 Å². The van der Waals surface area contributed by atoms with Gasteiger partial charge in [-0.25, -0.2) is 24.7 Å². The largest absolute Gasteiger partial charge is 0.444 e. The fourth-order valence-corrected chi connectivity index (χ4v) is 4.30. The molecule has 0 saturated carbocycles. The van der Waals surface area contributed by atoms with Crippen molar-refractivity contribution in [3.05, 3.63) is 43.0 Å². The molecule has 36 heavy (non-hydrogen) atoms. The van der Waals surface area contributed by atoms with Gasteiger partial charge in [-0.1, -0.05) is 0 Å². The number of ether oxygens (including phenoxy) is 1. The molecule has 0 unspecified atom stereocenters. The van der Waals surface area contributed by atoms with Crippen LogP contribution >= 0.6 is 0 Å². The molecule has 4 heterocycles. The van der Waals surface area contributed by atoms with Crippen molar-refractivity contribution in [1.29, 1.82) is 0 Å². The molecule has 0 aliphatic carbocycles. The van der Waals surface area contributed by atoms with Gasteiger partial charge in [0.15, 0.2) is 0 Å². The first-order valence-corrected chi connectivity index (χ1v) is 12.3. The molecule has 1 aliphatic heterocycles. The number of rotatable bonds is 4. The number of aromatic nitrogens is 5. The van der Waals surface area contributed by atoms with Crippen LogP contribution in [0.15, 0.2) is 43.0 Å². The Labute approximate surface area is 210 Å². The third-order valence-electron chi connectivity index (χ3n) is 6.12. The molecule has 0 bridgehead atoms. The van der Waals surface area contributed by atoms with Crippen LogP contribution in [0.25, 0.3) is 21.9 Å². The van der Waals surface area contributed by atoms with E-state index in [1.165, 1.54) is 0 Å². The van der Waals surface area contributed by atoms with E-state index in [0.717, 1.165) is 40.7 Å². The summed E-state index contributed by atoms with van der Waals surface area (Å²) in [7, 11) is 0. The van der Waals surface area contributed by atoms with Crippen LogP contribution in [0.2, 0.25) is 0 Å². The van der Waals surface area contributed by atoms with E-state index in [9.17, 15) is 4.79 Å². The number of amides is 1. The quantitative estimate of drug-likeness (QED) is 0.439. The highest BCUT2D eigenvalue weighted by molar-refractivity contribution is 6.02. The van der Waals surface area contributed by atoms with Crippen molar-refractivity contribution < 1.29 is 9.53 Å². The second kappa shape index (κ2) is 9.25. The Morgan fingerprint density at radius 3 is 2.44 bits per heavy atom. The maximum Gasteiger partial charge on any atom is 0.410 e. The Bertz CT molecular complexity index is 1380. The highest BCUT2D eigenvalue weighted by atomic mass is 16.6. The minimum absolute atomic E-state index is 0.260. The van der Waals surface area contributed by atoms with Crippen LogP contribution < -0.4 is 10.2 Å². The summed E-state index contributed by atoms with van der Waals surface area (Å²) >= 11 is 0. The average Bonchev–Trinajstić information content (AvgIpc) is 3.29. The van der Waals surface area contributed by atoms with Crippen molar-refractivity contribution >= 4 is 45.5 Å². The van der Waals surface area contributed by atoms with E-state index < -0.39 is 5.60 Å². The third-order valence-corrected chi connectivity index (χ3v) is 6.12. The zero-order valence-electron chi connectivity index (χ0n) is 21.4. The lowest BCUT2D eigenvalue weighted by molar-refractivity contribution is 0.0240. The standard InChI is InChI=1S/C26H32N8O2/c1-17(2)34-16-29-20-8-6-18-14-28-24(31-22(18)23(20)34)30-21-9-7-19(15-27-21)32-10-12-33(13-11-32)25(35)36-26(3,4)5/h6-9,14-17H,10-13H2,1-5H3,(H,27,28,30,31). The number of nitrogens with zero attached hydrogens (tertiary/aromatic N) is 7. The fraction of sp³-hybridized carbons (Fsp3) is 0.423. The SMILES string of the molecule is CC(C)n1cnc2ccc3cnc(Nc4ccc(N5CCN(C(=O)OC(C)(C)C)CC5)cn4)nc3c21. The first kappa shape index (κ1) is 23.8. The van der Waals surface area contributed by atoms with Crippen molar-refractivity contribution in [2.45, 2.75) is 46.3 Å². The zero-order chi connectivity index (χ0) is 25.4. The lowest BCUT2D eigenvalue weighted by Crippen LogP contribution is -2.50. The lowest BCUT2D eigenvalue weighted by atomic mass is 10.2. The van der Waals surface area contributed by atoms with Crippen molar-refractivity contribution in [1.82, 2.24) is 29.4 Å². The van der Waals surface area contributed by atoms with Crippen LogP contribution in [-0.4, -0.2) is 67.3 Å². The number of piperazine rings is 1. The Morgan fingerprint density at radius 2 is 1.78 bits per heavy atom. The molecule has 1 fully saturated rings. The average molecular weight is 489 g/mol. The second-order valence-corrected chi connectivity index (χ2v) is 10.3. The van der Waals surface area contributed by atoms with E-state index in [-0.39, 0.29) is 12.1 Å². The smallest absolute Gasteiger partial charge is 0.410 e. The van der Waals surface area contributed by atoms with Crippen molar-refractivity contribution in [2.24, 2.45) is 0 Å². The summed E-state index contributed by atoms with van der Waals surface area (Å²) < 4.78 is 7.61. The summed E-state index contributed by atoms with van der Waals surface area (Å²) in [4.78, 5) is 34.7. The number of hydrogen-bond donors (Lipinski definition) is 1. The molecule has 3 aromatic heterocycles. The van der Waals surface area contributed by atoms with Crippen LogP contribution in [0, 0.1) is 0 Å². The molecular weight excluding hydrogens is 456 g/mol. The van der Waals surface area contributed by atoms with Gasteiger partial charge >= 0.3 is 6.09 Å². The van der Waals surface area contributed by atoms with E-state index in [0.29, 0.717) is 24.9 Å². The number of hydrogen-bond acceptors (Lipinski definition) is 8. The summed E-state index contributed by atoms with van der Waals surface area (Å²) in [5.41, 5.74) is 3.29. The normalized spacial score (nSPS) is 14.6. The molecule has 4 aromatic rings. The molecular formula is C26H32N8O2. The van der Waals surface area contributed by atoms with Gasteiger partial charge in [-0.2, -0.15) is 0 Å². The van der Waals surface area contributed by atoms with E-state index in [1.54, 1.807) is 4.90 Å². The highest BCUT2D eigenvalue weighted by Gasteiger charge is 2.26. The summed E-state index contributed by atoms with van der Waals surface area (Å²) in [6, 6.07) is 8.20. The molecule has 0 atom stereocenters. The molecule has 188 valence electrons. The summed E-state index contributed by atoms with van der Waals surface area (Å²) in [5, 5.41) is 4.19. The van der Waals surface area contributed by atoms with Gasteiger partial charge in [-0.15, -0.1) is 0 Å². The predicted octanol–water partition coefficient (Wildman–Crippen LogP) is 4.76. The molecule has 1 aromatic carbocycles. The Balaban J connectivity index is 1.28. The van der Waals surface area contributed by atoms with Gasteiger partial charge in [-0.05, 0) is 58.9 Å². The van der Waals surface area contributed by atoms with Gasteiger partial charge < -0.3 is 24.4 Å². The van der Waals surface area contributed by atoms with Crippen LogP contribution in [0.1, 0.15) is 40.7 Å². The minimum Gasteiger partial charge on any atom is -0.444 e. The van der Waals surface area contributed by atoms with Crippen molar-refractivity contribution in [3.63, 3.8) is 0 Å². The molecule has 10 heteroatoms. The number of carbonyl (C=O) groups is 1. The summed E-state index contributed by atoms with van der Waals surface area (Å²) in [6.45, 7) is 12.6. The topological polar surface area (TPSA) is 101 Å². The Kier molecular flexibility index (Phi) is 6.11. The number of nitrogens with one attached hydrogen (secondary N) is 1. The summed E-state index contributed by atoms with van der Waals surface area (Å²) in [5.74, 6) is 1.15. The first-order chi connectivity index (χ1) is 17.2. The van der Waals surface area contributed by atoms with Crippen LogP contribution in [0.4, 0.5) is 22.2 Å². The van der Waals surface area contributed by atoms with Crippen LogP contribution in [0.3, 0.4) is 0 Å². The predicted molar refractivity (Wildman–Crippen MR) is 141 cm³/mol. The Hall–Kier alpha value is -3.95.